The van der Waals surface area contributed by atoms with E-state index in [1.165, 1.54) is 0 Å². The molecule has 0 radical (unpaired) electrons. The summed E-state index contributed by atoms with van der Waals surface area (Å²) in [4.78, 5) is 22.7. The number of aromatic nitrogens is 1. The van der Waals surface area contributed by atoms with E-state index >= 15 is 0 Å². The Hall–Kier alpha value is -3.22. The summed E-state index contributed by atoms with van der Waals surface area (Å²) in [7, 11) is 5.69. The number of amides is 1. The second-order valence-electron chi connectivity index (χ2n) is 8.69. The number of carbonyl (C=O) groups excluding carboxylic acids is 1. The lowest BCUT2D eigenvalue weighted by molar-refractivity contribution is -0.118. The highest BCUT2D eigenvalue weighted by Crippen LogP contribution is 2.37. The minimum atomic E-state index is -0.0255. The first-order valence-corrected chi connectivity index (χ1v) is 12.3. The zero-order chi connectivity index (χ0) is 24.1. The average molecular weight is 474 g/mol. The number of nitrogens with zero attached hydrogens (tertiary/aromatic N) is 3. The molecule has 0 N–H and O–H groups in total. The average Bonchev–Trinajstić information content (AvgIpc) is 3.30. The fourth-order valence-corrected chi connectivity index (χ4v) is 5.18. The number of methoxy groups -OCH3 is 1. The van der Waals surface area contributed by atoms with Gasteiger partial charge in [-0.3, -0.25) is 9.69 Å². The molecule has 0 aliphatic carbocycles. The van der Waals surface area contributed by atoms with Gasteiger partial charge in [0.05, 0.1) is 11.8 Å². The molecule has 5 nitrogen and oxygen atoms in total. The maximum atomic E-state index is 13.9. The molecule has 0 aliphatic rings. The van der Waals surface area contributed by atoms with Gasteiger partial charge in [-0.1, -0.05) is 78.1 Å². The Balaban J connectivity index is 1.71. The van der Waals surface area contributed by atoms with Crippen molar-refractivity contribution in [3.05, 3.63) is 89.5 Å². The van der Waals surface area contributed by atoms with Crippen molar-refractivity contribution in [3.8, 4) is 5.75 Å². The predicted octanol–water partition coefficient (Wildman–Crippen LogP) is 5.73. The second kappa shape index (κ2) is 10.8. The molecule has 0 aliphatic heterocycles. The molecule has 4 aromatic rings. The Morgan fingerprint density at radius 3 is 2.12 bits per heavy atom. The first-order chi connectivity index (χ1) is 16.5. The maximum absolute atomic E-state index is 13.9. The quantitative estimate of drug-likeness (QED) is 0.311. The number of anilines is 1. The van der Waals surface area contributed by atoms with E-state index < -0.39 is 0 Å². The van der Waals surface area contributed by atoms with Crippen LogP contribution >= 0.6 is 11.3 Å². The van der Waals surface area contributed by atoms with Gasteiger partial charge in [0.1, 0.15) is 11.3 Å². The van der Waals surface area contributed by atoms with Gasteiger partial charge in [-0.05, 0) is 43.8 Å². The molecular formula is C28H31N3O2S. The molecular weight excluding hydrogens is 442 g/mol. The molecule has 0 atom stereocenters. The minimum absolute atomic E-state index is 0.0255. The number of thiazole rings is 1. The fraction of sp³-hybridized carbons (Fsp3) is 0.286. The van der Waals surface area contributed by atoms with Gasteiger partial charge in [-0.15, -0.1) is 0 Å². The van der Waals surface area contributed by atoms with Crippen LogP contribution in [0.5, 0.6) is 5.75 Å². The number of aryl methyl sites for hydroxylation is 1. The highest BCUT2D eigenvalue weighted by Gasteiger charge is 2.26. The van der Waals surface area contributed by atoms with Gasteiger partial charge >= 0.3 is 0 Å². The van der Waals surface area contributed by atoms with Crippen molar-refractivity contribution >= 4 is 32.6 Å². The number of hydrogen-bond acceptors (Lipinski definition) is 5. The summed E-state index contributed by atoms with van der Waals surface area (Å²) in [5, 5.41) is 0.717. The predicted molar refractivity (Wildman–Crippen MR) is 141 cm³/mol. The molecule has 0 unspecified atom stereocenters. The zero-order valence-electron chi connectivity index (χ0n) is 20.2. The van der Waals surface area contributed by atoms with Gasteiger partial charge < -0.3 is 9.64 Å². The molecule has 176 valence electrons. The van der Waals surface area contributed by atoms with E-state index in [1.54, 1.807) is 18.4 Å². The van der Waals surface area contributed by atoms with Crippen LogP contribution in [-0.4, -0.2) is 50.1 Å². The Morgan fingerprint density at radius 1 is 0.941 bits per heavy atom. The molecule has 34 heavy (non-hydrogen) atoms. The number of ether oxygens (including phenoxy) is 1. The van der Waals surface area contributed by atoms with Crippen molar-refractivity contribution in [2.75, 3.05) is 39.2 Å². The van der Waals surface area contributed by atoms with Crippen LogP contribution in [0.1, 0.15) is 29.0 Å². The molecule has 0 spiro atoms. The Labute approximate surface area is 205 Å². The summed E-state index contributed by atoms with van der Waals surface area (Å²) in [6.45, 7) is 3.39. The van der Waals surface area contributed by atoms with Crippen molar-refractivity contribution < 1.29 is 9.53 Å². The molecule has 1 heterocycles. The number of fused-ring (bicyclic) bond motifs is 1. The van der Waals surface area contributed by atoms with E-state index in [1.807, 2.05) is 67.5 Å². The lowest BCUT2D eigenvalue weighted by atomic mass is 9.88. The molecule has 1 amide bonds. The maximum Gasteiger partial charge on any atom is 0.229 e. The highest BCUT2D eigenvalue weighted by molar-refractivity contribution is 7.22. The third-order valence-corrected chi connectivity index (χ3v) is 7.21. The lowest BCUT2D eigenvalue weighted by Crippen LogP contribution is -2.37. The molecule has 6 heteroatoms. The molecule has 0 saturated carbocycles. The van der Waals surface area contributed by atoms with Gasteiger partial charge in [0.2, 0.25) is 5.91 Å². The number of hydrogen-bond donors (Lipinski definition) is 0. The molecule has 3 aromatic carbocycles. The van der Waals surface area contributed by atoms with Gasteiger partial charge in [0.25, 0.3) is 0 Å². The lowest BCUT2D eigenvalue weighted by Gasteiger charge is -2.25. The van der Waals surface area contributed by atoms with E-state index in [0.29, 0.717) is 18.1 Å². The zero-order valence-corrected chi connectivity index (χ0v) is 21.0. The van der Waals surface area contributed by atoms with Crippen LogP contribution in [-0.2, 0) is 4.79 Å². The van der Waals surface area contributed by atoms with Crippen LogP contribution in [0.2, 0.25) is 0 Å². The number of rotatable bonds is 9. The first-order valence-electron chi connectivity index (χ1n) is 11.5. The van der Waals surface area contributed by atoms with Crippen LogP contribution < -0.4 is 9.64 Å². The van der Waals surface area contributed by atoms with Crippen molar-refractivity contribution in [1.82, 2.24) is 9.88 Å². The van der Waals surface area contributed by atoms with Crippen LogP contribution in [0.15, 0.2) is 72.8 Å². The monoisotopic (exact) mass is 473 g/mol. The van der Waals surface area contributed by atoms with Crippen LogP contribution in [0.4, 0.5) is 5.13 Å². The summed E-state index contributed by atoms with van der Waals surface area (Å²) in [6, 6.07) is 24.5. The van der Waals surface area contributed by atoms with E-state index in [4.69, 9.17) is 9.72 Å². The second-order valence-corrected chi connectivity index (χ2v) is 9.66. The van der Waals surface area contributed by atoms with E-state index in [2.05, 4.69) is 36.1 Å². The van der Waals surface area contributed by atoms with Crippen molar-refractivity contribution in [3.63, 3.8) is 0 Å². The number of likely N-dealkylation sites (N-methyl/N-ethyl adjacent to an activating group) is 1. The molecule has 4 rings (SSSR count). The Bertz CT molecular complexity index is 1200. The van der Waals surface area contributed by atoms with E-state index in [9.17, 15) is 4.79 Å². The SMILES string of the molecule is COc1ccc(C)c2sc(N(CCN(C)C)C(=O)CC(c3ccccc3)c3ccccc3)nc12. The van der Waals surface area contributed by atoms with Gasteiger partial charge in [-0.2, -0.15) is 0 Å². The summed E-state index contributed by atoms with van der Waals surface area (Å²) in [5.74, 6) is 0.771. The van der Waals surface area contributed by atoms with Gasteiger partial charge in [0.15, 0.2) is 5.13 Å². The summed E-state index contributed by atoms with van der Waals surface area (Å²) >= 11 is 1.56. The fourth-order valence-electron chi connectivity index (χ4n) is 4.09. The molecule has 0 saturated heterocycles. The standard InChI is InChI=1S/C28H31N3O2S/c1-20-15-16-24(33-4)26-27(20)34-28(29-26)31(18-17-30(2)3)25(32)19-23(21-11-7-5-8-12-21)22-13-9-6-10-14-22/h5-16,23H,17-19H2,1-4H3. The first kappa shape index (κ1) is 23.9. The topological polar surface area (TPSA) is 45.7 Å². The smallest absolute Gasteiger partial charge is 0.229 e. The summed E-state index contributed by atoms with van der Waals surface area (Å²) in [5.41, 5.74) is 4.21. The normalized spacial score (nSPS) is 11.4. The number of carbonyl (C=O) groups is 1. The van der Waals surface area contributed by atoms with Crippen molar-refractivity contribution in [1.29, 1.82) is 0 Å². The van der Waals surface area contributed by atoms with Crippen molar-refractivity contribution in [2.45, 2.75) is 19.3 Å². The Kier molecular flexibility index (Phi) is 7.60. The third-order valence-electron chi connectivity index (χ3n) is 6.00. The summed E-state index contributed by atoms with van der Waals surface area (Å²) < 4.78 is 6.60. The van der Waals surface area contributed by atoms with Gasteiger partial charge in [0, 0.05) is 25.4 Å². The molecule has 0 bridgehead atoms. The highest BCUT2D eigenvalue weighted by atomic mass is 32.1. The Morgan fingerprint density at radius 2 is 1.56 bits per heavy atom. The summed E-state index contributed by atoms with van der Waals surface area (Å²) in [6.07, 6.45) is 0.369. The molecule has 1 aromatic heterocycles. The number of benzene rings is 3. The van der Waals surface area contributed by atoms with E-state index in [0.717, 1.165) is 39.2 Å². The van der Waals surface area contributed by atoms with E-state index in [-0.39, 0.29) is 11.8 Å². The minimum Gasteiger partial charge on any atom is -0.494 e. The van der Waals surface area contributed by atoms with Crippen LogP contribution in [0, 0.1) is 6.92 Å². The van der Waals surface area contributed by atoms with Gasteiger partial charge in [-0.25, -0.2) is 4.98 Å². The van der Waals surface area contributed by atoms with Crippen LogP contribution in [0.25, 0.3) is 10.2 Å². The van der Waals surface area contributed by atoms with Crippen LogP contribution in [0.3, 0.4) is 0 Å². The largest absolute Gasteiger partial charge is 0.494 e. The van der Waals surface area contributed by atoms with Crippen molar-refractivity contribution in [2.24, 2.45) is 0 Å². The third kappa shape index (κ3) is 5.29. The molecule has 0 fully saturated rings.